The first-order valence-corrected chi connectivity index (χ1v) is 9.16. The Kier molecular flexibility index (Phi) is 4.96. The molecule has 0 saturated carbocycles. The topological polar surface area (TPSA) is 100 Å². The van der Waals surface area contributed by atoms with Gasteiger partial charge in [0.2, 0.25) is 5.88 Å². The van der Waals surface area contributed by atoms with Gasteiger partial charge < -0.3 is 19.0 Å². The maximum Gasteiger partial charge on any atom is 0.274 e. The Morgan fingerprint density at radius 1 is 1.32 bits per heavy atom. The van der Waals surface area contributed by atoms with Gasteiger partial charge in [0.15, 0.2) is 17.3 Å². The summed E-state index contributed by atoms with van der Waals surface area (Å²) < 4.78 is 11.3. The first-order valence-electron chi connectivity index (χ1n) is 9.16. The van der Waals surface area contributed by atoms with Gasteiger partial charge in [0.25, 0.3) is 5.91 Å². The average Bonchev–Trinajstić information content (AvgIpc) is 3.40. The van der Waals surface area contributed by atoms with Gasteiger partial charge >= 0.3 is 0 Å². The SMILES string of the molecule is CN(C)c1ccc(OC2CCCN(C(=O)c3cc(-c4ccco4)[nH]n3)C2)nn1. The van der Waals surface area contributed by atoms with E-state index in [0.717, 1.165) is 18.7 Å². The summed E-state index contributed by atoms with van der Waals surface area (Å²) in [4.78, 5) is 16.5. The van der Waals surface area contributed by atoms with Gasteiger partial charge in [0.05, 0.1) is 12.8 Å². The molecule has 9 heteroatoms. The number of furan rings is 1. The minimum atomic E-state index is -0.128. The molecule has 1 unspecified atom stereocenters. The van der Waals surface area contributed by atoms with Crippen LogP contribution in [0, 0.1) is 0 Å². The van der Waals surface area contributed by atoms with Gasteiger partial charge in [0, 0.05) is 32.8 Å². The molecule has 1 fully saturated rings. The maximum atomic E-state index is 12.8. The average molecular weight is 382 g/mol. The van der Waals surface area contributed by atoms with Crippen molar-refractivity contribution in [2.24, 2.45) is 0 Å². The number of nitrogens with zero attached hydrogens (tertiary/aromatic N) is 5. The van der Waals surface area contributed by atoms with Crippen LogP contribution in [0.25, 0.3) is 11.5 Å². The molecular formula is C19H22N6O3. The number of H-pyrrole nitrogens is 1. The number of aromatic amines is 1. The van der Waals surface area contributed by atoms with E-state index in [2.05, 4.69) is 20.4 Å². The van der Waals surface area contributed by atoms with Crippen LogP contribution in [-0.4, -0.2) is 64.5 Å². The van der Waals surface area contributed by atoms with E-state index >= 15 is 0 Å². The number of nitrogens with one attached hydrogen (secondary N) is 1. The molecule has 28 heavy (non-hydrogen) atoms. The molecule has 0 aliphatic carbocycles. The van der Waals surface area contributed by atoms with E-state index in [1.165, 1.54) is 0 Å². The minimum absolute atomic E-state index is 0.124. The summed E-state index contributed by atoms with van der Waals surface area (Å²) in [7, 11) is 3.81. The summed E-state index contributed by atoms with van der Waals surface area (Å²) in [5.74, 6) is 1.74. The summed E-state index contributed by atoms with van der Waals surface area (Å²) in [5, 5.41) is 15.2. The Morgan fingerprint density at radius 2 is 2.21 bits per heavy atom. The zero-order valence-electron chi connectivity index (χ0n) is 15.8. The van der Waals surface area contributed by atoms with Crippen molar-refractivity contribution < 1.29 is 13.9 Å². The lowest BCUT2D eigenvalue weighted by Gasteiger charge is -2.32. The Balaban J connectivity index is 1.40. The van der Waals surface area contributed by atoms with Crippen LogP contribution in [0.2, 0.25) is 0 Å². The predicted molar refractivity (Wildman–Crippen MR) is 102 cm³/mol. The second-order valence-corrected chi connectivity index (χ2v) is 6.90. The van der Waals surface area contributed by atoms with Crippen molar-refractivity contribution in [2.75, 3.05) is 32.1 Å². The highest BCUT2D eigenvalue weighted by atomic mass is 16.5. The summed E-state index contributed by atoms with van der Waals surface area (Å²) in [6.07, 6.45) is 3.17. The van der Waals surface area contributed by atoms with E-state index in [1.54, 1.807) is 29.4 Å². The van der Waals surface area contributed by atoms with Gasteiger partial charge in [-0.15, -0.1) is 10.2 Å². The second kappa shape index (κ2) is 7.71. The molecule has 3 aromatic heterocycles. The van der Waals surface area contributed by atoms with E-state index in [1.807, 2.05) is 31.1 Å². The lowest BCUT2D eigenvalue weighted by Crippen LogP contribution is -2.44. The van der Waals surface area contributed by atoms with Crippen LogP contribution in [0.3, 0.4) is 0 Å². The third kappa shape index (κ3) is 3.83. The van der Waals surface area contributed by atoms with Crippen molar-refractivity contribution in [3.63, 3.8) is 0 Å². The zero-order chi connectivity index (χ0) is 19.5. The van der Waals surface area contributed by atoms with E-state index in [4.69, 9.17) is 9.15 Å². The number of carbonyl (C=O) groups excluding carboxylic acids is 1. The molecule has 0 bridgehead atoms. The number of aromatic nitrogens is 4. The molecule has 4 heterocycles. The third-order valence-electron chi connectivity index (χ3n) is 4.62. The molecule has 1 amide bonds. The van der Waals surface area contributed by atoms with Gasteiger partial charge in [-0.05, 0) is 31.0 Å². The highest BCUT2D eigenvalue weighted by Crippen LogP contribution is 2.21. The summed E-state index contributed by atoms with van der Waals surface area (Å²) >= 11 is 0. The Labute approximate surface area is 162 Å². The largest absolute Gasteiger partial charge is 0.471 e. The van der Waals surface area contributed by atoms with E-state index < -0.39 is 0 Å². The van der Waals surface area contributed by atoms with Gasteiger partial charge in [-0.25, -0.2) is 0 Å². The Morgan fingerprint density at radius 3 is 2.93 bits per heavy atom. The highest BCUT2D eigenvalue weighted by Gasteiger charge is 2.27. The number of piperidine rings is 1. The fourth-order valence-electron chi connectivity index (χ4n) is 3.16. The number of carbonyl (C=O) groups is 1. The molecule has 1 atom stereocenters. The molecule has 1 N–H and O–H groups in total. The van der Waals surface area contributed by atoms with Crippen molar-refractivity contribution in [3.8, 4) is 17.3 Å². The van der Waals surface area contributed by atoms with Crippen LogP contribution < -0.4 is 9.64 Å². The molecule has 0 spiro atoms. The normalized spacial score (nSPS) is 16.8. The van der Waals surface area contributed by atoms with Crippen LogP contribution in [0.1, 0.15) is 23.3 Å². The van der Waals surface area contributed by atoms with E-state index in [-0.39, 0.29) is 12.0 Å². The van der Waals surface area contributed by atoms with Crippen LogP contribution in [0.15, 0.2) is 41.0 Å². The maximum absolute atomic E-state index is 12.8. The van der Waals surface area contributed by atoms with Crippen molar-refractivity contribution >= 4 is 11.7 Å². The molecule has 4 rings (SSSR count). The number of hydrogen-bond donors (Lipinski definition) is 1. The Bertz CT molecular complexity index is 920. The fraction of sp³-hybridized carbons (Fsp3) is 0.368. The number of anilines is 1. The molecule has 146 valence electrons. The molecule has 1 aliphatic rings. The lowest BCUT2D eigenvalue weighted by molar-refractivity contribution is 0.0520. The lowest BCUT2D eigenvalue weighted by atomic mass is 10.1. The van der Waals surface area contributed by atoms with Crippen molar-refractivity contribution in [2.45, 2.75) is 18.9 Å². The molecule has 3 aromatic rings. The number of ether oxygens (including phenoxy) is 1. The Hall–Kier alpha value is -3.36. The van der Waals surface area contributed by atoms with Crippen LogP contribution in [-0.2, 0) is 0 Å². The monoisotopic (exact) mass is 382 g/mol. The van der Waals surface area contributed by atoms with Crippen LogP contribution >= 0.6 is 0 Å². The van der Waals surface area contributed by atoms with Gasteiger partial charge in [-0.2, -0.15) is 5.10 Å². The fourth-order valence-corrected chi connectivity index (χ4v) is 3.16. The zero-order valence-corrected chi connectivity index (χ0v) is 15.8. The number of likely N-dealkylation sites (tertiary alicyclic amines) is 1. The smallest absolute Gasteiger partial charge is 0.274 e. The van der Waals surface area contributed by atoms with Gasteiger partial charge in [-0.1, -0.05) is 0 Å². The predicted octanol–water partition coefficient (Wildman–Crippen LogP) is 2.21. The minimum Gasteiger partial charge on any atom is -0.471 e. The van der Waals surface area contributed by atoms with Gasteiger partial charge in [0.1, 0.15) is 11.8 Å². The molecule has 1 aliphatic heterocycles. The molecular weight excluding hydrogens is 360 g/mol. The number of hydrogen-bond acceptors (Lipinski definition) is 7. The standard InChI is InChI=1S/C19H22N6O3/c1-24(2)17-7-8-18(23-22-17)28-13-5-3-9-25(12-13)19(26)15-11-14(20-21-15)16-6-4-10-27-16/h4,6-8,10-11,13H,3,5,9,12H2,1-2H3,(H,20,21). The molecule has 9 nitrogen and oxygen atoms in total. The van der Waals surface area contributed by atoms with Crippen LogP contribution in [0.4, 0.5) is 5.82 Å². The van der Waals surface area contributed by atoms with Crippen molar-refractivity contribution in [1.82, 2.24) is 25.3 Å². The quantitative estimate of drug-likeness (QED) is 0.722. The second-order valence-electron chi connectivity index (χ2n) is 6.90. The first-order chi connectivity index (χ1) is 13.6. The summed E-state index contributed by atoms with van der Waals surface area (Å²) in [6, 6.07) is 8.96. The van der Waals surface area contributed by atoms with Crippen LogP contribution in [0.5, 0.6) is 5.88 Å². The van der Waals surface area contributed by atoms with Crippen molar-refractivity contribution in [3.05, 3.63) is 42.3 Å². The first kappa shape index (κ1) is 18.0. The molecule has 0 radical (unpaired) electrons. The molecule has 0 aromatic carbocycles. The van der Waals surface area contributed by atoms with E-state index in [9.17, 15) is 4.79 Å². The number of amides is 1. The highest BCUT2D eigenvalue weighted by molar-refractivity contribution is 5.93. The van der Waals surface area contributed by atoms with Gasteiger partial charge in [-0.3, -0.25) is 9.89 Å². The summed E-state index contributed by atoms with van der Waals surface area (Å²) in [5.41, 5.74) is 1.04. The third-order valence-corrected chi connectivity index (χ3v) is 4.62. The van der Waals surface area contributed by atoms with E-state index in [0.29, 0.717) is 36.1 Å². The number of rotatable bonds is 5. The van der Waals surface area contributed by atoms with Crippen molar-refractivity contribution in [1.29, 1.82) is 0 Å². The molecule has 1 saturated heterocycles. The summed E-state index contributed by atoms with van der Waals surface area (Å²) in [6.45, 7) is 1.16.